The molecule has 6 aromatic rings. The molecule has 0 bridgehead atoms. The minimum atomic E-state index is 0.122. The zero-order chi connectivity index (χ0) is 57.7. The Morgan fingerprint density at radius 3 is 0.561 bits per heavy atom. The van der Waals surface area contributed by atoms with E-state index in [1.54, 1.807) is 12.1 Å². The molecule has 6 nitrogen and oxygen atoms in total. The quantitative estimate of drug-likeness (QED) is 0.0212. The normalized spacial score (nSPS) is 13.0. The lowest BCUT2D eigenvalue weighted by atomic mass is 9.75. The zero-order valence-electron chi connectivity index (χ0n) is 50.3. The molecule has 0 aromatic heterocycles. The van der Waals surface area contributed by atoms with Crippen molar-refractivity contribution in [1.82, 2.24) is 0 Å². The van der Waals surface area contributed by atoms with Crippen molar-refractivity contribution in [3.05, 3.63) is 179 Å². The van der Waals surface area contributed by atoms with Crippen molar-refractivity contribution in [2.24, 2.45) is 0 Å². The Kier molecular flexibility index (Phi) is 31.5. The molecule has 0 aliphatic rings. The number of aryl methyl sites for hydroxylation is 2. The van der Waals surface area contributed by atoms with Gasteiger partial charge < -0.3 is 30.6 Å². The summed E-state index contributed by atoms with van der Waals surface area (Å²) >= 11 is 0. The van der Waals surface area contributed by atoms with Crippen LogP contribution in [0.5, 0.6) is 34.5 Å². The van der Waals surface area contributed by atoms with Gasteiger partial charge in [0.1, 0.15) is 34.5 Å². The van der Waals surface area contributed by atoms with Gasteiger partial charge in [-0.2, -0.15) is 0 Å². The maximum absolute atomic E-state index is 11.3. The van der Waals surface area contributed by atoms with E-state index in [-0.39, 0.29) is 23.7 Å². The van der Waals surface area contributed by atoms with Crippen LogP contribution in [0.2, 0.25) is 0 Å². The molecule has 6 heteroatoms. The van der Waals surface area contributed by atoms with E-state index in [0.29, 0.717) is 34.5 Å². The Hall–Kier alpha value is -5.88. The Balaban J connectivity index is 0.895. The van der Waals surface area contributed by atoms with Crippen LogP contribution in [0, 0.1) is 0 Å². The van der Waals surface area contributed by atoms with E-state index in [1.165, 1.54) is 141 Å². The summed E-state index contributed by atoms with van der Waals surface area (Å²) < 4.78 is 0. The van der Waals surface area contributed by atoms with Gasteiger partial charge in [-0.05, 0) is 145 Å². The summed E-state index contributed by atoms with van der Waals surface area (Å²) in [6, 6.07) is 47.0. The van der Waals surface area contributed by atoms with E-state index in [1.807, 2.05) is 109 Å². The highest BCUT2D eigenvalue weighted by Gasteiger charge is 2.30. The number of para-hydroxylation sites is 6. The summed E-state index contributed by atoms with van der Waals surface area (Å²) in [6.07, 6.45) is 42.3. The topological polar surface area (TPSA) is 121 Å². The van der Waals surface area contributed by atoms with E-state index in [4.69, 9.17) is 0 Å². The highest BCUT2D eigenvalue weighted by molar-refractivity contribution is 5.44. The van der Waals surface area contributed by atoms with Crippen molar-refractivity contribution >= 4 is 0 Å². The van der Waals surface area contributed by atoms with Gasteiger partial charge in [0.2, 0.25) is 0 Å². The third-order valence-electron chi connectivity index (χ3n) is 18.0. The first-order chi connectivity index (χ1) is 40.3. The molecule has 0 heterocycles. The third kappa shape index (κ3) is 23.8. The first-order valence-electron chi connectivity index (χ1n) is 33.0. The summed E-state index contributed by atoms with van der Waals surface area (Å²) in [4.78, 5) is 0. The second kappa shape index (κ2) is 39.6. The highest BCUT2D eigenvalue weighted by Crippen LogP contribution is 2.47. The van der Waals surface area contributed by atoms with Gasteiger partial charge in [0, 0.05) is 0 Å². The molecule has 6 aromatic carbocycles. The average molecular weight is 1120 g/mol. The Morgan fingerprint density at radius 2 is 0.354 bits per heavy atom. The van der Waals surface area contributed by atoms with Crippen molar-refractivity contribution in [2.45, 2.75) is 255 Å². The molecule has 0 amide bonds. The molecular weight excluding hydrogens is 1010 g/mol. The van der Waals surface area contributed by atoms with E-state index in [2.05, 4.69) is 24.3 Å². The van der Waals surface area contributed by atoms with E-state index in [9.17, 15) is 30.6 Å². The smallest absolute Gasteiger partial charge is 0.119 e. The molecule has 0 aliphatic heterocycles. The minimum absolute atomic E-state index is 0.122. The first kappa shape index (κ1) is 65.3. The molecule has 6 N–H and O–H groups in total. The minimum Gasteiger partial charge on any atom is -0.508 e. The van der Waals surface area contributed by atoms with Gasteiger partial charge in [-0.25, -0.2) is 0 Å². The molecule has 446 valence electrons. The molecular formula is C76H106O6. The molecule has 0 aliphatic carbocycles. The number of phenols is 6. The maximum atomic E-state index is 11.3. The van der Waals surface area contributed by atoms with E-state index < -0.39 is 0 Å². The van der Waals surface area contributed by atoms with E-state index >= 15 is 0 Å². The molecule has 0 fully saturated rings. The van der Waals surface area contributed by atoms with Crippen molar-refractivity contribution in [3.63, 3.8) is 0 Å². The molecule has 82 heavy (non-hydrogen) atoms. The summed E-state index contributed by atoms with van der Waals surface area (Å²) in [5, 5.41) is 65.1. The molecule has 0 spiro atoms. The van der Waals surface area contributed by atoms with Crippen molar-refractivity contribution in [3.8, 4) is 34.5 Å². The van der Waals surface area contributed by atoms with Gasteiger partial charge in [-0.1, -0.05) is 289 Å². The largest absolute Gasteiger partial charge is 0.508 e. The average Bonchev–Trinajstić information content (AvgIpc) is 3.69. The predicted molar refractivity (Wildman–Crippen MR) is 344 cm³/mol. The van der Waals surface area contributed by atoms with Crippen LogP contribution in [0.1, 0.15) is 275 Å². The predicted octanol–water partition coefficient (Wildman–Crippen LogP) is 22.1. The van der Waals surface area contributed by atoms with Gasteiger partial charge in [-0.3, -0.25) is 0 Å². The van der Waals surface area contributed by atoms with Crippen LogP contribution < -0.4 is 0 Å². The van der Waals surface area contributed by atoms with Crippen LogP contribution >= 0.6 is 0 Å². The summed E-state index contributed by atoms with van der Waals surface area (Å²) in [5.41, 5.74) is 6.15. The molecule has 0 radical (unpaired) electrons. The number of rotatable bonds is 45. The van der Waals surface area contributed by atoms with Crippen LogP contribution in [0.25, 0.3) is 0 Å². The first-order valence-corrected chi connectivity index (χ1v) is 33.0. The number of aromatic hydroxyl groups is 6. The Bertz CT molecular complexity index is 2430. The second-order valence-corrected chi connectivity index (χ2v) is 24.2. The Morgan fingerprint density at radius 1 is 0.183 bits per heavy atom. The van der Waals surface area contributed by atoms with Crippen LogP contribution in [0.15, 0.2) is 146 Å². The zero-order valence-corrected chi connectivity index (χ0v) is 50.3. The highest BCUT2D eigenvalue weighted by atomic mass is 16.3. The summed E-state index contributed by atoms with van der Waals surface area (Å²) in [7, 11) is 0. The van der Waals surface area contributed by atoms with E-state index in [0.717, 1.165) is 123 Å². The van der Waals surface area contributed by atoms with Crippen LogP contribution in [0.3, 0.4) is 0 Å². The van der Waals surface area contributed by atoms with Crippen LogP contribution in [-0.2, 0) is 12.8 Å². The standard InChI is InChI=1S/C76H106O6/c77-71-55-37-31-45-61(71)43-25-19-13-7-3-1-5-9-15-21-27-47-63(67-51-33-39-57-73(67)79)65(69-53-35-41-59-75(69)81)49-29-23-17-11-12-18-24-30-50-66(70-54-36-42-60-76(70)82)64(68-52-34-40-58-74(68)80)48-28-22-16-10-6-2-4-8-14-20-26-44-62-46-32-38-56-72(62)78/h31-42,45-46,51-60,63-66,77-82H,1-30,43-44,47-50H2. The lowest BCUT2D eigenvalue weighted by molar-refractivity contribution is 0.391. The lowest BCUT2D eigenvalue weighted by Gasteiger charge is -2.30. The summed E-state index contributed by atoms with van der Waals surface area (Å²) in [5.74, 6) is 2.79. The molecule has 4 atom stereocenters. The van der Waals surface area contributed by atoms with Gasteiger partial charge >= 0.3 is 0 Å². The van der Waals surface area contributed by atoms with Gasteiger partial charge in [-0.15, -0.1) is 0 Å². The Labute approximate surface area is 496 Å². The number of unbranched alkanes of at least 4 members (excludes halogenated alkanes) is 27. The van der Waals surface area contributed by atoms with Crippen molar-refractivity contribution in [2.75, 3.05) is 0 Å². The van der Waals surface area contributed by atoms with Gasteiger partial charge in [0.15, 0.2) is 0 Å². The van der Waals surface area contributed by atoms with Crippen LogP contribution in [-0.4, -0.2) is 30.6 Å². The SMILES string of the molecule is Oc1ccccc1CCCCCCCCCCCCCC(c1ccccc1O)C(CCCCCCCCCCC(c1ccccc1O)C(CCCCCCCCCCCCCc1ccccc1O)c1ccccc1O)c1ccccc1O. The molecule has 0 saturated carbocycles. The number of hydrogen-bond acceptors (Lipinski definition) is 6. The summed E-state index contributed by atoms with van der Waals surface area (Å²) in [6.45, 7) is 0. The number of hydrogen-bond donors (Lipinski definition) is 6. The second-order valence-electron chi connectivity index (χ2n) is 24.2. The van der Waals surface area contributed by atoms with Crippen molar-refractivity contribution < 1.29 is 30.6 Å². The number of benzene rings is 6. The van der Waals surface area contributed by atoms with Gasteiger partial charge in [0.05, 0.1) is 0 Å². The van der Waals surface area contributed by atoms with Crippen LogP contribution in [0.4, 0.5) is 0 Å². The fourth-order valence-corrected chi connectivity index (χ4v) is 13.3. The lowest BCUT2D eigenvalue weighted by Crippen LogP contribution is -2.13. The third-order valence-corrected chi connectivity index (χ3v) is 18.0. The molecule has 4 unspecified atom stereocenters. The van der Waals surface area contributed by atoms with Gasteiger partial charge in [0.25, 0.3) is 0 Å². The number of phenolic OH excluding ortho intramolecular Hbond substituents is 6. The fourth-order valence-electron chi connectivity index (χ4n) is 13.3. The maximum Gasteiger partial charge on any atom is 0.119 e. The fraction of sp³-hybridized carbons (Fsp3) is 0.526. The molecule has 6 rings (SSSR count). The monoisotopic (exact) mass is 1110 g/mol. The van der Waals surface area contributed by atoms with Crippen molar-refractivity contribution in [1.29, 1.82) is 0 Å². The molecule has 0 saturated heterocycles.